The summed E-state index contributed by atoms with van der Waals surface area (Å²) in [4.78, 5) is 19.7. The lowest BCUT2D eigenvalue weighted by Gasteiger charge is -2.56. The Labute approximate surface area is 213 Å². The number of halogens is 3. The number of anilines is 1. The van der Waals surface area contributed by atoms with Crippen LogP contribution in [0.4, 0.5) is 18.9 Å². The first-order valence-electron chi connectivity index (χ1n) is 14.0. The Hall–Kier alpha value is -1.63. The highest BCUT2D eigenvalue weighted by molar-refractivity contribution is 7.21. The number of carbonyl (C=O) groups excluding carboxylic acids is 1. The van der Waals surface area contributed by atoms with Crippen LogP contribution in [-0.2, 0) is 11.6 Å². The quantitative estimate of drug-likeness (QED) is 0.426. The second kappa shape index (κ2) is 7.06. The van der Waals surface area contributed by atoms with E-state index >= 15 is 0 Å². The first-order valence-corrected chi connectivity index (χ1v) is 14.8. The van der Waals surface area contributed by atoms with Crippen molar-refractivity contribution in [2.24, 2.45) is 40.9 Å². The molecule has 0 aliphatic heterocycles. The Morgan fingerprint density at radius 1 is 0.861 bits per heavy atom. The van der Waals surface area contributed by atoms with Gasteiger partial charge >= 0.3 is 6.18 Å². The monoisotopic (exact) mass is 514 g/mol. The Kier molecular flexibility index (Phi) is 4.39. The highest BCUT2D eigenvalue weighted by Gasteiger charge is 2.56. The van der Waals surface area contributed by atoms with Gasteiger partial charge in [-0.3, -0.25) is 4.79 Å². The van der Waals surface area contributed by atoms with Crippen LogP contribution >= 0.6 is 11.3 Å². The maximum atomic E-state index is 14.5. The molecule has 36 heavy (non-hydrogen) atoms. The van der Waals surface area contributed by atoms with Crippen molar-refractivity contribution in [3.05, 3.63) is 22.2 Å². The number of hydrogen-bond donors (Lipinski definition) is 1. The molecule has 0 amide bonds. The first kappa shape index (κ1) is 22.4. The molecule has 3 nitrogen and oxygen atoms in total. The Morgan fingerprint density at radius 2 is 1.33 bits per heavy atom. The lowest BCUT2D eigenvalue weighted by molar-refractivity contribution is -0.136. The third kappa shape index (κ3) is 3.04. The standard InChI is InChI=1S/C29H33F3N2OS/c30-29(31,32)20-7-21(27-8-14-1-15(9-27)3-16(2-14)10-27)34-26-22(20)23(33)24(36-26)25(35)28-11-17-4-18(12-28)6-19(5-17)13-28/h7,14-19H,1-6,8-13,33H2. The molecule has 0 aromatic carbocycles. The molecule has 0 atom stereocenters. The van der Waals surface area contributed by atoms with Gasteiger partial charge in [-0.1, -0.05) is 0 Å². The molecule has 2 aromatic rings. The van der Waals surface area contributed by atoms with Crippen molar-refractivity contribution in [3.63, 3.8) is 0 Å². The normalized spacial score (nSPS) is 42.5. The van der Waals surface area contributed by atoms with E-state index in [1.54, 1.807) is 0 Å². The van der Waals surface area contributed by atoms with Crippen LogP contribution in [0.25, 0.3) is 10.2 Å². The van der Waals surface area contributed by atoms with Crippen LogP contribution in [-0.4, -0.2) is 10.8 Å². The molecule has 8 fully saturated rings. The predicted octanol–water partition coefficient (Wildman–Crippen LogP) is 7.76. The van der Waals surface area contributed by atoms with Crippen molar-refractivity contribution in [3.8, 4) is 0 Å². The van der Waals surface area contributed by atoms with Crippen LogP contribution < -0.4 is 5.73 Å². The minimum Gasteiger partial charge on any atom is -0.397 e. The molecular weight excluding hydrogens is 481 g/mol. The van der Waals surface area contributed by atoms with Gasteiger partial charge in [-0.25, -0.2) is 4.98 Å². The van der Waals surface area contributed by atoms with Crippen LogP contribution in [0.2, 0.25) is 0 Å². The first-order chi connectivity index (χ1) is 17.1. The summed E-state index contributed by atoms with van der Waals surface area (Å²) < 4.78 is 43.5. The number of rotatable bonds is 3. The van der Waals surface area contributed by atoms with E-state index in [2.05, 4.69) is 0 Å². The summed E-state index contributed by atoms with van der Waals surface area (Å²) in [5.41, 5.74) is 5.74. The largest absolute Gasteiger partial charge is 0.417 e. The number of alkyl halides is 3. The third-order valence-corrected chi connectivity index (χ3v) is 12.4. The maximum Gasteiger partial charge on any atom is 0.417 e. The average molecular weight is 515 g/mol. The predicted molar refractivity (Wildman–Crippen MR) is 134 cm³/mol. The molecule has 8 aliphatic rings. The molecule has 10 rings (SSSR count). The topological polar surface area (TPSA) is 56.0 Å². The Morgan fingerprint density at radius 3 is 1.81 bits per heavy atom. The molecular formula is C29H33F3N2OS. The summed E-state index contributed by atoms with van der Waals surface area (Å²) in [6.07, 6.45) is 8.27. The number of nitrogen functional groups attached to an aromatic ring is 1. The molecule has 8 bridgehead atoms. The number of aromatic nitrogens is 1. The minimum absolute atomic E-state index is 0.00609. The third-order valence-electron chi connectivity index (χ3n) is 11.3. The van der Waals surface area contributed by atoms with Gasteiger partial charge in [0.2, 0.25) is 0 Å². The van der Waals surface area contributed by atoms with Crippen LogP contribution in [0.15, 0.2) is 6.07 Å². The number of hydrogen-bond acceptors (Lipinski definition) is 4. The van der Waals surface area contributed by atoms with Gasteiger partial charge in [-0.2, -0.15) is 13.2 Å². The number of nitrogens with two attached hydrogens (primary N) is 1. The smallest absolute Gasteiger partial charge is 0.397 e. The van der Waals surface area contributed by atoms with E-state index in [0.29, 0.717) is 50.9 Å². The fraction of sp³-hybridized carbons (Fsp3) is 0.724. The summed E-state index contributed by atoms with van der Waals surface area (Å²) in [5, 5.41) is -0.0333. The number of Topliss-reactive ketones (excluding diaryl/α,β-unsaturated/α-hetero) is 1. The number of pyridine rings is 1. The summed E-state index contributed by atoms with van der Waals surface area (Å²) in [7, 11) is 0. The number of ketones is 1. The van der Waals surface area contributed by atoms with Crippen molar-refractivity contribution >= 4 is 33.0 Å². The minimum atomic E-state index is -4.53. The van der Waals surface area contributed by atoms with E-state index in [9.17, 15) is 18.0 Å². The summed E-state index contributed by atoms with van der Waals surface area (Å²) in [5.74, 6) is 3.61. The summed E-state index contributed by atoms with van der Waals surface area (Å²) >= 11 is 1.14. The SMILES string of the molecule is Nc1c(C(=O)C23CC4CC(CC(C4)C2)C3)sc2nc(C34CC5CC(CC(C5)C3)C4)cc(C(F)(F)F)c12. The number of nitrogens with zero attached hydrogens (tertiary/aromatic N) is 1. The molecule has 2 aromatic heterocycles. The van der Waals surface area contributed by atoms with Crippen molar-refractivity contribution in [1.82, 2.24) is 4.98 Å². The van der Waals surface area contributed by atoms with E-state index < -0.39 is 17.2 Å². The number of fused-ring (bicyclic) bond motifs is 1. The number of thiophene rings is 1. The van der Waals surface area contributed by atoms with Crippen LogP contribution in [0.1, 0.15) is 98.0 Å². The van der Waals surface area contributed by atoms with Gasteiger partial charge in [0.25, 0.3) is 0 Å². The number of carbonyl (C=O) groups is 1. The van der Waals surface area contributed by atoms with Gasteiger partial charge in [0.05, 0.1) is 16.1 Å². The van der Waals surface area contributed by atoms with Crippen LogP contribution in [0.3, 0.4) is 0 Å². The molecule has 0 unspecified atom stereocenters. The second-order valence-electron chi connectivity index (χ2n) is 13.8. The van der Waals surface area contributed by atoms with Gasteiger partial charge in [0, 0.05) is 21.9 Å². The van der Waals surface area contributed by atoms with Crippen molar-refractivity contribution in [1.29, 1.82) is 0 Å². The maximum absolute atomic E-state index is 14.5. The average Bonchev–Trinajstić information content (AvgIpc) is 3.12. The summed E-state index contributed by atoms with van der Waals surface area (Å²) in [6.45, 7) is 0. The van der Waals surface area contributed by atoms with Gasteiger partial charge in [0.15, 0.2) is 5.78 Å². The second-order valence-corrected chi connectivity index (χ2v) is 14.8. The molecule has 8 saturated carbocycles. The van der Waals surface area contributed by atoms with Crippen molar-refractivity contribution in [2.75, 3.05) is 5.73 Å². The molecule has 0 radical (unpaired) electrons. The van der Waals surface area contributed by atoms with Crippen LogP contribution in [0, 0.1) is 40.9 Å². The summed E-state index contributed by atoms with van der Waals surface area (Å²) in [6, 6.07) is 1.32. The van der Waals surface area contributed by atoms with Crippen molar-refractivity contribution < 1.29 is 18.0 Å². The van der Waals surface area contributed by atoms with E-state index in [1.165, 1.54) is 44.6 Å². The lowest BCUT2D eigenvalue weighted by Crippen LogP contribution is -2.49. The molecule has 2 N–H and O–H groups in total. The molecule has 7 heteroatoms. The Balaban J connectivity index is 1.26. The zero-order valence-corrected chi connectivity index (χ0v) is 21.3. The van der Waals surface area contributed by atoms with E-state index in [1.807, 2.05) is 0 Å². The van der Waals surface area contributed by atoms with Gasteiger partial charge in [-0.05, 0) is 119 Å². The molecule has 0 spiro atoms. The molecule has 2 heterocycles. The molecule has 192 valence electrons. The lowest BCUT2D eigenvalue weighted by atomic mass is 9.48. The van der Waals surface area contributed by atoms with Crippen molar-refractivity contribution in [2.45, 2.75) is 88.6 Å². The molecule has 0 saturated heterocycles. The van der Waals surface area contributed by atoms with E-state index in [-0.39, 0.29) is 22.3 Å². The van der Waals surface area contributed by atoms with Crippen LogP contribution in [0.5, 0.6) is 0 Å². The Bertz CT molecular complexity index is 1220. The van der Waals surface area contributed by atoms with Gasteiger partial charge < -0.3 is 5.73 Å². The fourth-order valence-corrected chi connectivity index (χ4v) is 12.0. The van der Waals surface area contributed by atoms with Gasteiger partial charge in [0.1, 0.15) is 4.83 Å². The highest BCUT2D eigenvalue weighted by Crippen LogP contribution is 2.63. The highest BCUT2D eigenvalue weighted by atomic mass is 32.1. The van der Waals surface area contributed by atoms with E-state index in [4.69, 9.17) is 10.7 Å². The fourth-order valence-electron chi connectivity index (χ4n) is 10.8. The zero-order chi connectivity index (χ0) is 24.6. The molecule has 8 aliphatic carbocycles. The van der Waals surface area contributed by atoms with E-state index in [0.717, 1.165) is 49.9 Å². The van der Waals surface area contributed by atoms with Gasteiger partial charge in [-0.15, -0.1) is 11.3 Å². The zero-order valence-electron chi connectivity index (χ0n) is 20.5.